The molecular formula is C35H31ClN4O5. The molecular weight excluding hydrogens is 592 g/mol. The van der Waals surface area contributed by atoms with Crippen LogP contribution in [0.25, 0.3) is 22.0 Å². The summed E-state index contributed by atoms with van der Waals surface area (Å²) in [5.74, 6) is -0.0674. The van der Waals surface area contributed by atoms with Crippen LogP contribution in [0.4, 0.5) is 4.79 Å². The van der Waals surface area contributed by atoms with E-state index in [0.717, 1.165) is 47.8 Å². The highest BCUT2D eigenvalue weighted by atomic mass is 35.5. The number of rotatable bonds is 9. The van der Waals surface area contributed by atoms with Crippen molar-refractivity contribution in [3.63, 3.8) is 0 Å². The van der Waals surface area contributed by atoms with Crippen LogP contribution in [0.15, 0.2) is 95.9 Å². The Balaban J connectivity index is 1.22. The predicted molar refractivity (Wildman–Crippen MR) is 171 cm³/mol. The first-order valence-electron chi connectivity index (χ1n) is 14.8. The van der Waals surface area contributed by atoms with Gasteiger partial charge in [-0.2, -0.15) is 5.10 Å². The Morgan fingerprint density at radius 3 is 2.33 bits per heavy atom. The zero-order chi connectivity index (χ0) is 31.3. The van der Waals surface area contributed by atoms with E-state index < -0.39 is 6.16 Å². The summed E-state index contributed by atoms with van der Waals surface area (Å²) in [4.78, 5) is 41.9. The fourth-order valence-corrected chi connectivity index (χ4v) is 6.19. The van der Waals surface area contributed by atoms with Gasteiger partial charge in [0.05, 0.1) is 42.0 Å². The van der Waals surface area contributed by atoms with Crippen molar-refractivity contribution < 1.29 is 19.4 Å². The zero-order valence-electron chi connectivity index (χ0n) is 24.4. The number of pyridine rings is 1. The van der Waals surface area contributed by atoms with Crippen molar-refractivity contribution in [2.75, 3.05) is 0 Å². The van der Waals surface area contributed by atoms with Crippen molar-refractivity contribution in [3.05, 3.63) is 123 Å². The molecule has 1 fully saturated rings. The summed E-state index contributed by atoms with van der Waals surface area (Å²) in [6.45, 7) is 0.484. The van der Waals surface area contributed by atoms with Crippen LogP contribution >= 0.6 is 11.6 Å². The monoisotopic (exact) mass is 622 g/mol. The van der Waals surface area contributed by atoms with Crippen LogP contribution in [0.3, 0.4) is 0 Å². The summed E-state index contributed by atoms with van der Waals surface area (Å²) in [6, 6.07) is 25.9. The highest BCUT2D eigenvalue weighted by molar-refractivity contribution is 6.30. The molecule has 1 aliphatic carbocycles. The number of amides is 1. The molecule has 0 bridgehead atoms. The number of hydrogen-bond donors (Lipinski definition) is 2. The summed E-state index contributed by atoms with van der Waals surface area (Å²) in [7, 11) is 0. The molecule has 228 valence electrons. The molecule has 0 saturated heterocycles. The van der Waals surface area contributed by atoms with Crippen molar-refractivity contribution in [2.24, 2.45) is 5.92 Å². The Morgan fingerprint density at radius 2 is 1.67 bits per heavy atom. The van der Waals surface area contributed by atoms with E-state index in [0.29, 0.717) is 21.8 Å². The number of aromatic nitrogens is 3. The van der Waals surface area contributed by atoms with E-state index >= 15 is 0 Å². The van der Waals surface area contributed by atoms with E-state index in [1.807, 2.05) is 72.8 Å². The molecule has 3 aromatic carbocycles. The third-order valence-electron chi connectivity index (χ3n) is 8.26. The van der Waals surface area contributed by atoms with Gasteiger partial charge < -0.3 is 15.2 Å². The molecule has 5 aromatic rings. The van der Waals surface area contributed by atoms with Gasteiger partial charge in [0.25, 0.3) is 5.56 Å². The Morgan fingerprint density at radius 1 is 0.956 bits per heavy atom. The molecule has 1 aliphatic rings. The van der Waals surface area contributed by atoms with E-state index in [9.17, 15) is 14.4 Å². The normalized spacial score (nSPS) is 13.9. The lowest BCUT2D eigenvalue weighted by Gasteiger charge is -2.23. The van der Waals surface area contributed by atoms with E-state index in [1.54, 1.807) is 6.07 Å². The maximum Gasteiger partial charge on any atom is 0.511 e. The second-order valence-electron chi connectivity index (χ2n) is 11.2. The number of carbonyl (C=O) groups is 2. The quantitative estimate of drug-likeness (QED) is 0.173. The van der Waals surface area contributed by atoms with Crippen LogP contribution in [-0.4, -0.2) is 31.9 Å². The highest BCUT2D eigenvalue weighted by Crippen LogP contribution is 2.38. The zero-order valence-corrected chi connectivity index (χ0v) is 25.1. The molecule has 2 heterocycles. The molecule has 6 rings (SSSR count). The molecule has 9 nitrogen and oxygen atoms in total. The molecule has 1 amide bonds. The molecule has 0 spiro atoms. The van der Waals surface area contributed by atoms with Crippen LogP contribution < -0.4 is 15.6 Å². The van der Waals surface area contributed by atoms with Gasteiger partial charge in [0, 0.05) is 16.0 Å². The number of benzene rings is 3. The largest absolute Gasteiger partial charge is 0.511 e. The minimum Gasteiger partial charge on any atom is -0.449 e. The number of nitrogens with zero attached hydrogens (tertiary/aromatic N) is 3. The minimum atomic E-state index is -1.41. The van der Waals surface area contributed by atoms with Crippen LogP contribution in [0, 0.1) is 5.92 Å². The summed E-state index contributed by atoms with van der Waals surface area (Å²) in [5.41, 5.74) is 3.80. The van der Waals surface area contributed by atoms with Gasteiger partial charge in [0.1, 0.15) is 0 Å². The van der Waals surface area contributed by atoms with Gasteiger partial charge in [-0.15, -0.1) is 0 Å². The van der Waals surface area contributed by atoms with Crippen molar-refractivity contribution in [1.29, 1.82) is 0 Å². The first-order valence-corrected chi connectivity index (χ1v) is 15.2. The van der Waals surface area contributed by atoms with Gasteiger partial charge in [-0.1, -0.05) is 79.0 Å². The molecule has 0 radical (unpaired) electrons. The molecule has 45 heavy (non-hydrogen) atoms. The standard InChI is InChI=1S/C35H31ClN4O5/c36-26-15-13-25(14-16-26)32-29-7-3-4-8-30(29)34(42)40(39-32)21-22-9-11-24(12-10-22)31(23-5-1-2-6-23)33(41)38-19-27-17-18-28(20-37-27)45-35(43)44/h3-4,7-18,20,23,31H,1-2,5-6,19,21H2,(H,38,41)(H,43,44). The third kappa shape index (κ3) is 6.89. The Labute approximate surface area is 264 Å². The Kier molecular flexibility index (Phi) is 8.89. The Hall–Kier alpha value is -5.02. The van der Waals surface area contributed by atoms with Crippen LogP contribution in [0.1, 0.15) is 48.4 Å². The van der Waals surface area contributed by atoms with Crippen LogP contribution in [0.5, 0.6) is 5.75 Å². The average Bonchev–Trinajstić information content (AvgIpc) is 3.58. The van der Waals surface area contributed by atoms with Gasteiger partial charge in [-0.25, -0.2) is 9.48 Å². The second-order valence-corrected chi connectivity index (χ2v) is 11.6. The van der Waals surface area contributed by atoms with Gasteiger partial charge in [-0.3, -0.25) is 14.6 Å². The maximum atomic E-state index is 13.5. The first kappa shape index (κ1) is 30.0. The number of carboxylic acid groups (broad SMARTS) is 1. The molecule has 2 N–H and O–H groups in total. The number of nitrogens with one attached hydrogen (secondary N) is 1. The van der Waals surface area contributed by atoms with Crippen LogP contribution in [0.2, 0.25) is 5.02 Å². The van der Waals surface area contributed by atoms with E-state index in [4.69, 9.17) is 21.8 Å². The van der Waals surface area contributed by atoms with E-state index in [-0.39, 0.29) is 42.1 Å². The molecule has 0 aliphatic heterocycles. The third-order valence-corrected chi connectivity index (χ3v) is 8.51. The molecule has 10 heteroatoms. The highest BCUT2D eigenvalue weighted by Gasteiger charge is 2.32. The molecule has 2 aromatic heterocycles. The lowest BCUT2D eigenvalue weighted by Crippen LogP contribution is -2.32. The number of halogens is 1. The topological polar surface area (TPSA) is 123 Å². The van der Waals surface area contributed by atoms with Crippen molar-refractivity contribution in [2.45, 2.75) is 44.7 Å². The predicted octanol–water partition coefficient (Wildman–Crippen LogP) is 6.81. The van der Waals surface area contributed by atoms with Crippen molar-refractivity contribution >= 4 is 34.4 Å². The summed E-state index contributed by atoms with van der Waals surface area (Å²) < 4.78 is 6.09. The lowest BCUT2D eigenvalue weighted by molar-refractivity contribution is -0.123. The van der Waals surface area contributed by atoms with E-state index in [2.05, 4.69) is 15.0 Å². The number of hydrogen-bond acceptors (Lipinski definition) is 6. The van der Waals surface area contributed by atoms with Gasteiger partial charge >= 0.3 is 6.16 Å². The first-order chi connectivity index (χ1) is 21.9. The summed E-state index contributed by atoms with van der Waals surface area (Å²) in [6.07, 6.45) is 4.03. The lowest BCUT2D eigenvalue weighted by atomic mass is 9.83. The van der Waals surface area contributed by atoms with Gasteiger partial charge in [-0.05, 0) is 60.2 Å². The second kappa shape index (κ2) is 13.3. The maximum absolute atomic E-state index is 13.5. The molecule has 1 atom stereocenters. The van der Waals surface area contributed by atoms with Gasteiger partial charge in [0.15, 0.2) is 5.75 Å². The summed E-state index contributed by atoms with van der Waals surface area (Å²) in [5, 5.41) is 18.5. The molecule has 1 saturated carbocycles. The number of fused-ring (bicyclic) bond motifs is 1. The number of ether oxygens (including phenoxy) is 1. The minimum absolute atomic E-state index is 0.0812. The Bertz CT molecular complexity index is 1880. The SMILES string of the molecule is O=C(O)Oc1ccc(CNC(=O)C(c2ccc(Cn3nc(-c4ccc(Cl)cc4)c4ccccc4c3=O)cc2)C2CCCC2)nc1. The number of carbonyl (C=O) groups excluding carboxylic acids is 1. The smallest absolute Gasteiger partial charge is 0.449 e. The fourth-order valence-electron chi connectivity index (χ4n) is 6.06. The van der Waals surface area contributed by atoms with Gasteiger partial charge in [0.2, 0.25) is 5.91 Å². The molecule has 1 unspecified atom stereocenters. The van der Waals surface area contributed by atoms with Crippen molar-refractivity contribution in [3.8, 4) is 17.0 Å². The van der Waals surface area contributed by atoms with Crippen molar-refractivity contribution in [1.82, 2.24) is 20.1 Å². The fraction of sp³-hybridized carbons (Fsp3) is 0.229. The average molecular weight is 623 g/mol. The summed E-state index contributed by atoms with van der Waals surface area (Å²) >= 11 is 6.12. The van der Waals surface area contributed by atoms with E-state index in [1.165, 1.54) is 16.9 Å². The van der Waals surface area contributed by atoms with Crippen LogP contribution in [-0.2, 0) is 17.9 Å².